The molecule has 1 aliphatic heterocycles. The SMILES string of the molecule is O=C(O/N=C1\C(=O)N(Cc2ccc(Cl)cc2)c2ccccc21)C(Cl)Cl. The largest absolute Gasteiger partial charge is 0.367 e. The highest BCUT2D eigenvalue weighted by molar-refractivity contribution is 6.54. The molecule has 0 unspecified atom stereocenters. The minimum atomic E-state index is -1.37. The normalized spacial score (nSPS) is 15.0. The maximum absolute atomic E-state index is 12.7. The van der Waals surface area contributed by atoms with Gasteiger partial charge in [0, 0.05) is 10.6 Å². The fourth-order valence-corrected chi connectivity index (χ4v) is 2.62. The summed E-state index contributed by atoms with van der Waals surface area (Å²) in [5.74, 6) is -1.33. The Balaban J connectivity index is 1.91. The smallest absolute Gasteiger partial charge is 0.314 e. The van der Waals surface area contributed by atoms with Gasteiger partial charge < -0.3 is 9.74 Å². The number of oxime groups is 1. The van der Waals surface area contributed by atoms with Gasteiger partial charge in [-0.2, -0.15) is 0 Å². The second-order valence-electron chi connectivity index (χ2n) is 5.19. The fourth-order valence-electron chi connectivity index (χ4n) is 2.41. The molecule has 1 amide bonds. The Labute approximate surface area is 158 Å². The number of nitrogens with zero attached hydrogens (tertiary/aromatic N) is 2. The number of para-hydroxylation sites is 1. The molecule has 8 heteroatoms. The first-order chi connectivity index (χ1) is 12.0. The van der Waals surface area contributed by atoms with Crippen molar-refractivity contribution in [2.45, 2.75) is 11.4 Å². The lowest BCUT2D eigenvalue weighted by atomic mass is 10.1. The molecule has 0 aliphatic carbocycles. The minimum Gasteiger partial charge on any atom is -0.314 e. The molecule has 2 aromatic rings. The number of amides is 1. The van der Waals surface area contributed by atoms with E-state index in [0.29, 0.717) is 22.8 Å². The third-order valence-corrected chi connectivity index (χ3v) is 4.17. The van der Waals surface area contributed by atoms with E-state index in [1.165, 1.54) is 0 Å². The van der Waals surface area contributed by atoms with Gasteiger partial charge in [-0.3, -0.25) is 4.79 Å². The van der Waals surface area contributed by atoms with Crippen LogP contribution < -0.4 is 4.90 Å². The number of carbonyl (C=O) groups excluding carboxylic acids is 2. The second kappa shape index (κ2) is 7.44. The lowest BCUT2D eigenvalue weighted by Crippen LogP contribution is -2.30. The van der Waals surface area contributed by atoms with Crippen LogP contribution >= 0.6 is 34.8 Å². The van der Waals surface area contributed by atoms with Crippen LogP contribution in [0, 0.1) is 0 Å². The molecule has 1 heterocycles. The Morgan fingerprint density at radius 2 is 1.80 bits per heavy atom. The van der Waals surface area contributed by atoms with Crippen LogP contribution in [0.25, 0.3) is 0 Å². The highest BCUT2D eigenvalue weighted by atomic mass is 35.5. The van der Waals surface area contributed by atoms with Gasteiger partial charge in [-0.1, -0.05) is 70.3 Å². The number of hydrogen-bond acceptors (Lipinski definition) is 4. The molecule has 25 heavy (non-hydrogen) atoms. The molecule has 5 nitrogen and oxygen atoms in total. The molecule has 0 atom stereocenters. The van der Waals surface area contributed by atoms with Crippen molar-refractivity contribution in [1.82, 2.24) is 0 Å². The van der Waals surface area contributed by atoms with Gasteiger partial charge in [0.05, 0.1) is 12.2 Å². The first-order valence-corrected chi connectivity index (χ1v) is 8.45. The summed E-state index contributed by atoms with van der Waals surface area (Å²) in [7, 11) is 0. The van der Waals surface area contributed by atoms with Crippen LogP contribution in [0.15, 0.2) is 53.7 Å². The number of benzene rings is 2. The highest BCUT2D eigenvalue weighted by Crippen LogP contribution is 2.31. The van der Waals surface area contributed by atoms with Crippen LogP contribution in [-0.2, 0) is 21.0 Å². The lowest BCUT2D eigenvalue weighted by molar-refractivity contribution is -0.141. The molecule has 0 saturated carbocycles. The molecule has 128 valence electrons. The van der Waals surface area contributed by atoms with Crippen molar-refractivity contribution in [3.8, 4) is 0 Å². The predicted octanol–water partition coefficient (Wildman–Crippen LogP) is 3.94. The predicted molar refractivity (Wildman–Crippen MR) is 97.2 cm³/mol. The van der Waals surface area contributed by atoms with Gasteiger partial charge in [-0.25, -0.2) is 4.79 Å². The Hall–Kier alpha value is -2.08. The average molecular weight is 398 g/mol. The number of halogens is 3. The highest BCUT2D eigenvalue weighted by Gasteiger charge is 2.34. The van der Waals surface area contributed by atoms with E-state index in [1.807, 2.05) is 18.2 Å². The molecule has 3 rings (SSSR count). The van der Waals surface area contributed by atoms with E-state index in [-0.39, 0.29) is 11.6 Å². The first-order valence-electron chi connectivity index (χ1n) is 7.20. The minimum absolute atomic E-state index is 0.0203. The van der Waals surface area contributed by atoms with E-state index in [0.717, 1.165) is 5.56 Å². The standard InChI is InChI=1S/C17H11Cl3N2O3/c18-11-7-5-10(6-8-11)9-22-13-4-2-1-3-12(13)14(16(22)23)21-25-17(24)15(19)20/h1-8,15H,9H2/b21-14-. The van der Waals surface area contributed by atoms with Crippen molar-refractivity contribution in [1.29, 1.82) is 0 Å². The number of alkyl halides is 2. The van der Waals surface area contributed by atoms with Gasteiger partial charge >= 0.3 is 5.97 Å². The van der Waals surface area contributed by atoms with Crippen LogP contribution in [0.1, 0.15) is 11.1 Å². The first kappa shape index (κ1) is 17.7. The molecule has 0 saturated heterocycles. The third kappa shape index (κ3) is 3.79. The van der Waals surface area contributed by atoms with Crippen molar-refractivity contribution >= 4 is 58.1 Å². The molecule has 0 spiro atoms. The topological polar surface area (TPSA) is 59.0 Å². The summed E-state index contributed by atoms with van der Waals surface area (Å²) in [4.78, 5) is 28.9. The van der Waals surface area contributed by atoms with Crippen LogP contribution in [0.5, 0.6) is 0 Å². The fraction of sp³-hybridized carbons (Fsp3) is 0.118. The third-order valence-electron chi connectivity index (χ3n) is 3.56. The van der Waals surface area contributed by atoms with E-state index >= 15 is 0 Å². The van der Waals surface area contributed by atoms with Gasteiger partial charge in [0.1, 0.15) is 0 Å². The van der Waals surface area contributed by atoms with Crippen molar-refractivity contribution < 1.29 is 14.4 Å². The average Bonchev–Trinajstić information content (AvgIpc) is 2.86. The maximum Gasteiger partial charge on any atom is 0.367 e. The van der Waals surface area contributed by atoms with E-state index in [2.05, 4.69) is 9.99 Å². The molecule has 0 N–H and O–H groups in total. The van der Waals surface area contributed by atoms with Crippen LogP contribution in [0.2, 0.25) is 5.02 Å². The van der Waals surface area contributed by atoms with Crippen molar-refractivity contribution in [2.75, 3.05) is 4.90 Å². The summed E-state index contributed by atoms with van der Waals surface area (Å²) >= 11 is 16.7. The Morgan fingerprint density at radius 3 is 2.48 bits per heavy atom. The number of carbonyl (C=O) groups is 2. The molecule has 0 fully saturated rings. The zero-order valence-corrected chi connectivity index (χ0v) is 14.9. The quantitative estimate of drug-likeness (QED) is 0.446. The lowest BCUT2D eigenvalue weighted by Gasteiger charge is -2.16. The number of rotatable bonds is 4. The van der Waals surface area contributed by atoms with E-state index in [9.17, 15) is 9.59 Å². The van der Waals surface area contributed by atoms with E-state index in [1.54, 1.807) is 35.2 Å². The van der Waals surface area contributed by atoms with Gasteiger partial charge in [-0.15, -0.1) is 0 Å². The molecule has 0 aromatic heterocycles. The Bertz CT molecular complexity index is 850. The molecular weight excluding hydrogens is 387 g/mol. The monoisotopic (exact) mass is 396 g/mol. The summed E-state index contributed by atoms with van der Waals surface area (Å²) in [5.41, 5.74) is 2.15. The molecule has 1 aliphatic rings. The second-order valence-corrected chi connectivity index (χ2v) is 6.72. The van der Waals surface area contributed by atoms with Crippen molar-refractivity contribution in [2.24, 2.45) is 5.16 Å². The summed E-state index contributed by atoms with van der Waals surface area (Å²) in [5, 5.41) is 4.27. The van der Waals surface area contributed by atoms with Crippen molar-refractivity contribution in [3.05, 3.63) is 64.7 Å². The molecule has 0 bridgehead atoms. The van der Waals surface area contributed by atoms with Gasteiger partial charge in [0.25, 0.3) is 5.91 Å². The summed E-state index contributed by atoms with van der Waals surface area (Å²) in [6.45, 7) is 0.327. The zero-order valence-electron chi connectivity index (χ0n) is 12.7. The number of fused-ring (bicyclic) bond motifs is 1. The van der Waals surface area contributed by atoms with Crippen LogP contribution in [-0.4, -0.2) is 22.4 Å². The summed E-state index contributed by atoms with van der Waals surface area (Å²) in [6.07, 6.45) is 0. The number of hydrogen-bond donors (Lipinski definition) is 0. The Kier molecular flexibility index (Phi) is 5.27. The molecular formula is C17H11Cl3N2O3. The van der Waals surface area contributed by atoms with Gasteiger partial charge in [0.2, 0.25) is 4.84 Å². The van der Waals surface area contributed by atoms with E-state index in [4.69, 9.17) is 34.8 Å². The van der Waals surface area contributed by atoms with Crippen LogP contribution in [0.4, 0.5) is 5.69 Å². The van der Waals surface area contributed by atoms with Gasteiger partial charge in [0.15, 0.2) is 5.71 Å². The number of anilines is 1. The van der Waals surface area contributed by atoms with Gasteiger partial charge in [-0.05, 0) is 23.8 Å². The Morgan fingerprint density at radius 1 is 1.12 bits per heavy atom. The van der Waals surface area contributed by atoms with Crippen LogP contribution in [0.3, 0.4) is 0 Å². The van der Waals surface area contributed by atoms with E-state index < -0.39 is 10.8 Å². The molecule has 0 radical (unpaired) electrons. The summed E-state index contributed by atoms with van der Waals surface area (Å²) < 4.78 is 0. The zero-order chi connectivity index (χ0) is 18.0. The maximum atomic E-state index is 12.7. The van der Waals surface area contributed by atoms with Crippen molar-refractivity contribution in [3.63, 3.8) is 0 Å². The molecule has 2 aromatic carbocycles. The summed E-state index contributed by atoms with van der Waals surface area (Å²) in [6, 6.07) is 14.3.